The van der Waals surface area contributed by atoms with Crippen LogP contribution in [0.25, 0.3) is 0 Å². The predicted octanol–water partition coefficient (Wildman–Crippen LogP) is 3.26. The van der Waals surface area contributed by atoms with Gasteiger partial charge in [0, 0.05) is 24.5 Å². The van der Waals surface area contributed by atoms with Gasteiger partial charge in [-0.15, -0.1) is 0 Å². The maximum Gasteiger partial charge on any atom is 0.222 e. The van der Waals surface area contributed by atoms with Gasteiger partial charge in [-0.1, -0.05) is 30.7 Å². The number of likely N-dealkylation sites (tertiary alicyclic amines) is 1. The van der Waals surface area contributed by atoms with E-state index in [1.807, 2.05) is 36.1 Å². The van der Waals surface area contributed by atoms with Gasteiger partial charge in [-0.2, -0.15) is 0 Å². The molecule has 4 heteroatoms. The van der Waals surface area contributed by atoms with Gasteiger partial charge in [0.1, 0.15) is 0 Å². The predicted molar refractivity (Wildman–Crippen MR) is 76.1 cm³/mol. The molecule has 1 atom stereocenters. The normalized spacial score (nSPS) is 19.5. The van der Waals surface area contributed by atoms with E-state index in [0.717, 1.165) is 30.0 Å². The third kappa shape index (κ3) is 4.22. The van der Waals surface area contributed by atoms with E-state index in [4.69, 9.17) is 16.3 Å². The molecule has 1 amide bonds. The maximum absolute atomic E-state index is 11.7. The Labute approximate surface area is 119 Å². The van der Waals surface area contributed by atoms with Crippen LogP contribution in [0.15, 0.2) is 24.3 Å². The minimum atomic E-state index is 0.142. The van der Waals surface area contributed by atoms with Crippen molar-refractivity contribution in [2.75, 3.05) is 13.1 Å². The number of ether oxygens (including phenoxy) is 1. The monoisotopic (exact) mass is 281 g/mol. The van der Waals surface area contributed by atoms with E-state index in [2.05, 4.69) is 0 Å². The van der Waals surface area contributed by atoms with E-state index in [9.17, 15) is 4.79 Å². The molecule has 0 radical (unpaired) electrons. The Morgan fingerprint density at radius 3 is 3.11 bits per heavy atom. The van der Waals surface area contributed by atoms with Crippen LogP contribution in [0.4, 0.5) is 0 Å². The van der Waals surface area contributed by atoms with Gasteiger partial charge in [0.15, 0.2) is 0 Å². The van der Waals surface area contributed by atoms with Crippen LogP contribution in [-0.2, 0) is 16.1 Å². The molecule has 0 unspecified atom stereocenters. The van der Waals surface area contributed by atoms with E-state index in [0.29, 0.717) is 19.6 Å². The number of halogens is 1. The zero-order valence-electron chi connectivity index (χ0n) is 11.3. The van der Waals surface area contributed by atoms with E-state index in [-0.39, 0.29) is 12.0 Å². The first-order valence-electron chi connectivity index (χ1n) is 6.83. The van der Waals surface area contributed by atoms with Gasteiger partial charge < -0.3 is 9.64 Å². The highest BCUT2D eigenvalue weighted by atomic mass is 35.5. The summed E-state index contributed by atoms with van der Waals surface area (Å²) in [7, 11) is 0. The standard InChI is InChI=1S/C15H20ClNO2/c1-2-15(18)17-8-4-7-14(10-17)19-11-12-5-3-6-13(16)9-12/h3,5-6,9,14H,2,4,7-8,10-11H2,1H3/t14-/m0/s1. The zero-order valence-corrected chi connectivity index (χ0v) is 12.0. The van der Waals surface area contributed by atoms with Gasteiger partial charge in [-0.25, -0.2) is 0 Å². The summed E-state index contributed by atoms with van der Waals surface area (Å²) < 4.78 is 5.90. The molecule has 1 saturated heterocycles. The number of benzene rings is 1. The minimum absolute atomic E-state index is 0.142. The van der Waals surface area contributed by atoms with Crippen molar-refractivity contribution in [2.45, 2.75) is 38.9 Å². The summed E-state index contributed by atoms with van der Waals surface area (Å²) in [6.45, 7) is 4.04. The van der Waals surface area contributed by atoms with Crippen molar-refractivity contribution >= 4 is 17.5 Å². The van der Waals surface area contributed by atoms with Gasteiger partial charge in [0.2, 0.25) is 5.91 Å². The van der Waals surface area contributed by atoms with Gasteiger partial charge >= 0.3 is 0 Å². The van der Waals surface area contributed by atoms with Crippen molar-refractivity contribution in [3.05, 3.63) is 34.9 Å². The molecule has 1 aromatic carbocycles. The van der Waals surface area contributed by atoms with Crippen molar-refractivity contribution in [3.8, 4) is 0 Å². The van der Waals surface area contributed by atoms with Crippen LogP contribution in [0.1, 0.15) is 31.7 Å². The van der Waals surface area contributed by atoms with Crippen LogP contribution < -0.4 is 0 Å². The fourth-order valence-corrected chi connectivity index (χ4v) is 2.58. The number of carbonyl (C=O) groups excluding carboxylic acids is 1. The van der Waals surface area contributed by atoms with Crippen molar-refractivity contribution in [1.29, 1.82) is 0 Å². The van der Waals surface area contributed by atoms with E-state index in [1.54, 1.807) is 0 Å². The molecule has 0 spiro atoms. The third-order valence-electron chi connectivity index (χ3n) is 3.41. The van der Waals surface area contributed by atoms with Crippen LogP contribution >= 0.6 is 11.6 Å². The Kier molecular flexibility index (Phi) is 5.23. The second-order valence-corrected chi connectivity index (χ2v) is 5.33. The summed E-state index contributed by atoms with van der Waals surface area (Å²) >= 11 is 5.94. The van der Waals surface area contributed by atoms with E-state index < -0.39 is 0 Å². The molecule has 0 saturated carbocycles. The molecule has 3 nitrogen and oxygen atoms in total. The fraction of sp³-hybridized carbons (Fsp3) is 0.533. The Hall–Kier alpha value is -1.06. The molecule has 19 heavy (non-hydrogen) atoms. The van der Waals surface area contributed by atoms with Crippen LogP contribution in [0.5, 0.6) is 0 Å². The molecule has 0 N–H and O–H groups in total. The molecule has 1 aliphatic heterocycles. The van der Waals surface area contributed by atoms with Gasteiger partial charge in [0.05, 0.1) is 12.7 Å². The SMILES string of the molecule is CCC(=O)N1CCC[C@H](OCc2cccc(Cl)c2)C1. The van der Waals surface area contributed by atoms with Crippen LogP contribution in [-0.4, -0.2) is 30.0 Å². The number of hydrogen-bond acceptors (Lipinski definition) is 2. The summed E-state index contributed by atoms with van der Waals surface area (Å²) in [4.78, 5) is 13.6. The zero-order chi connectivity index (χ0) is 13.7. The summed E-state index contributed by atoms with van der Waals surface area (Å²) in [5.41, 5.74) is 1.08. The van der Waals surface area contributed by atoms with E-state index in [1.165, 1.54) is 0 Å². The number of nitrogens with zero attached hydrogens (tertiary/aromatic N) is 1. The summed E-state index contributed by atoms with van der Waals surface area (Å²) in [5.74, 6) is 0.219. The lowest BCUT2D eigenvalue weighted by atomic mass is 10.1. The highest BCUT2D eigenvalue weighted by molar-refractivity contribution is 6.30. The van der Waals surface area contributed by atoms with Crippen LogP contribution in [0.3, 0.4) is 0 Å². The molecule has 0 bridgehead atoms. The molecule has 0 aromatic heterocycles. The summed E-state index contributed by atoms with van der Waals surface area (Å²) in [6, 6.07) is 7.70. The van der Waals surface area contributed by atoms with E-state index >= 15 is 0 Å². The Morgan fingerprint density at radius 2 is 2.37 bits per heavy atom. The Balaban J connectivity index is 1.84. The van der Waals surface area contributed by atoms with Crippen LogP contribution in [0.2, 0.25) is 5.02 Å². The fourth-order valence-electron chi connectivity index (χ4n) is 2.37. The highest BCUT2D eigenvalue weighted by Crippen LogP contribution is 2.17. The topological polar surface area (TPSA) is 29.5 Å². The lowest BCUT2D eigenvalue weighted by Crippen LogP contribution is -2.42. The van der Waals surface area contributed by atoms with Gasteiger partial charge in [-0.3, -0.25) is 4.79 Å². The van der Waals surface area contributed by atoms with Gasteiger partial charge in [0.25, 0.3) is 0 Å². The quantitative estimate of drug-likeness (QED) is 0.848. The number of carbonyl (C=O) groups is 1. The van der Waals surface area contributed by atoms with Crippen molar-refractivity contribution in [2.24, 2.45) is 0 Å². The van der Waals surface area contributed by atoms with Crippen LogP contribution in [0, 0.1) is 0 Å². The largest absolute Gasteiger partial charge is 0.372 e. The average molecular weight is 282 g/mol. The Morgan fingerprint density at radius 1 is 1.53 bits per heavy atom. The third-order valence-corrected chi connectivity index (χ3v) is 3.64. The summed E-state index contributed by atoms with van der Waals surface area (Å²) in [6.07, 6.45) is 2.75. The molecule has 1 aliphatic rings. The second-order valence-electron chi connectivity index (χ2n) is 4.90. The minimum Gasteiger partial charge on any atom is -0.372 e. The molecular weight excluding hydrogens is 262 g/mol. The highest BCUT2D eigenvalue weighted by Gasteiger charge is 2.22. The number of amides is 1. The Bertz CT molecular complexity index is 436. The second kappa shape index (κ2) is 6.92. The molecule has 1 fully saturated rings. The smallest absolute Gasteiger partial charge is 0.222 e. The number of piperidine rings is 1. The molecule has 0 aliphatic carbocycles. The maximum atomic E-state index is 11.7. The first-order chi connectivity index (χ1) is 9.19. The summed E-state index contributed by atoms with van der Waals surface area (Å²) in [5, 5.41) is 0.729. The molecule has 2 rings (SSSR count). The molecular formula is C15H20ClNO2. The average Bonchev–Trinajstić information content (AvgIpc) is 2.45. The lowest BCUT2D eigenvalue weighted by Gasteiger charge is -2.32. The number of rotatable bonds is 4. The molecule has 104 valence electrons. The molecule has 1 heterocycles. The van der Waals surface area contributed by atoms with Crippen molar-refractivity contribution < 1.29 is 9.53 Å². The van der Waals surface area contributed by atoms with Crippen molar-refractivity contribution in [3.63, 3.8) is 0 Å². The molecule has 1 aromatic rings. The first kappa shape index (κ1) is 14.4. The van der Waals surface area contributed by atoms with Gasteiger partial charge in [-0.05, 0) is 30.5 Å². The number of hydrogen-bond donors (Lipinski definition) is 0. The van der Waals surface area contributed by atoms with Crippen molar-refractivity contribution in [1.82, 2.24) is 4.90 Å². The lowest BCUT2D eigenvalue weighted by molar-refractivity contribution is -0.135. The first-order valence-corrected chi connectivity index (χ1v) is 7.20.